The van der Waals surface area contributed by atoms with Crippen molar-refractivity contribution in [3.63, 3.8) is 0 Å². The Bertz CT molecular complexity index is 326. The summed E-state index contributed by atoms with van der Waals surface area (Å²) in [6.45, 7) is 3.33. The molecule has 3 heteroatoms. The van der Waals surface area contributed by atoms with Gasteiger partial charge in [-0.15, -0.1) is 5.76 Å². The van der Waals surface area contributed by atoms with E-state index in [0.717, 1.165) is 11.4 Å². The normalized spacial score (nSPS) is 12.1. The van der Waals surface area contributed by atoms with Gasteiger partial charge in [0.15, 0.2) is 0 Å². The molecule has 1 rings (SSSR count). The Morgan fingerprint density at radius 2 is 1.79 bits per heavy atom. The van der Waals surface area contributed by atoms with Crippen molar-refractivity contribution in [2.75, 3.05) is 0 Å². The molecule has 0 bridgehead atoms. The molecule has 68 valence electrons. The van der Waals surface area contributed by atoms with Gasteiger partial charge in [0.05, 0.1) is 5.69 Å². The van der Waals surface area contributed by atoms with E-state index >= 15 is 0 Å². The van der Waals surface area contributed by atoms with Crippen molar-refractivity contribution in [3.8, 4) is 0 Å². The fourth-order valence-corrected chi connectivity index (χ4v) is 1.03. The van der Waals surface area contributed by atoms with Gasteiger partial charge in [-0.2, -0.15) is 0 Å². The SMILES string of the molecule is CC([O-])=CC(C)=Nc1ccccc1.[Li+]. The molecule has 2 nitrogen and oxygen atoms in total. The van der Waals surface area contributed by atoms with Gasteiger partial charge in [0.25, 0.3) is 0 Å². The van der Waals surface area contributed by atoms with Gasteiger partial charge in [-0.3, -0.25) is 4.99 Å². The Balaban J connectivity index is 0.00000169. The summed E-state index contributed by atoms with van der Waals surface area (Å²) in [6, 6.07) is 9.57. The second kappa shape index (κ2) is 6.48. The molecular formula is C11H12LiNO. The summed E-state index contributed by atoms with van der Waals surface area (Å²) >= 11 is 0. The van der Waals surface area contributed by atoms with Crippen molar-refractivity contribution in [2.45, 2.75) is 13.8 Å². The Morgan fingerprint density at radius 1 is 1.21 bits per heavy atom. The third-order valence-corrected chi connectivity index (χ3v) is 1.47. The summed E-state index contributed by atoms with van der Waals surface area (Å²) in [7, 11) is 0. The number of allylic oxidation sites excluding steroid dienone is 2. The molecule has 0 atom stereocenters. The van der Waals surface area contributed by atoms with Gasteiger partial charge in [-0.25, -0.2) is 0 Å². The number of nitrogens with zero attached hydrogens (tertiary/aromatic N) is 1. The third-order valence-electron chi connectivity index (χ3n) is 1.47. The summed E-state index contributed by atoms with van der Waals surface area (Å²) < 4.78 is 0. The van der Waals surface area contributed by atoms with Crippen molar-refractivity contribution < 1.29 is 24.0 Å². The standard InChI is InChI=1S/C11H13NO.Li/c1-9(8-10(2)13)12-11-6-4-3-5-7-11;/h3-8,13H,1-2H3;/q;+1/p-1. The minimum absolute atomic E-state index is 0. The maximum atomic E-state index is 10.7. The number of benzene rings is 1. The van der Waals surface area contributed by atoms with Crippen molar-refractivity contribution in [1.29, 1.82) is 0 Å². The average molecular weight is 181 g/mol. The molecular weight excluding hydrogens is 169 g/mol. The first-order valence-electron chi connectivity index (χ1n) is 4.14. The number of aliphatic imine (C=N–C) groups is 1. The largest absolute Gasteiger partial charge is 1.00 e. The maximum absolute atomic E-state index is 10.7. The predicted octanol–water partition coefficient (Wildman–Crippen LogP) is -0.953. The van der Waals surface area contributed by atoms with Crippen LogP contribution in [0, 0.1) is 0 Å². The Hall–Kier alpha value is -0.973. The zero-order chi connectivity index (χ0) is 9.68. The van der Waals surface area contributed by atoms with E-state index in [-0.39, 0.29) is 24.6 Å². The third kappa shape index (κ3) is 4.91. The quantitative estimate of drug-likeness (QED) is 0.329. The van der Waals surface area contributed by atoms with E-state index in [1.807, 2.05) is 37.3 Å². The van der Waals surface area contributed by atoms with Gasteiger partial charge in [-0.1, -0.05) is 31.2 Å². The van der Waals surface area contributed by atoms with E-state index in [9.17, 15) is 5.11 Å². The number of hydrogen-bond acceptors (Lipinski definition) is 2. The molecule has 0 amide bonds. The molecule has 0 aliphatic heterocycles. The molecule has 0 aromatic heterocycles. The van der Waals surface area contributed by atoms with Gasteiger partial charge in [0.2, 0.25) is 0 Å². The number of hydrogen-bond donors (Lipinski definition) is 0. The smallest absolute Gasteiger partial charge is 0.876 e. The van der Waals surface area contributed by atoms with Crippen LogP contribution in [0.3, 0.4) is 0 Å². The van der Waals surface area contributed by atoms with E-state index in [1.54, 1.807) is 0 Å². The second-order valence-corrected chi connectivity index (χ2v) is 2.84. The number of para-hydroxylation sites is 1. The molecule has 0 unspecified atom stereocenters. The van der Waals surface area contributed by atoms with Gasteiger partial charge >= 0.3 is 18.9 Å². The van der Waals surface area contributed by atoms with Crippen LogP contribution in [-0.2, 0) is 0 Å². The van der Waals surface area contributed by atoms with Crippen LogP contribution >= 0.6 is 0 Å². The molecule has 0 heterocycles. The molecule has 0 aliphatic carbocycles. The van der Waals surface area contributed by atoms with Crippen molar-refractivity contribution >= 4 is 11.4 Å². The predicted molar refractivity (Wildman–Crippen MR) is 53.0 cm³/mol. The van der Waals surface area contributed by atoms with E-state index < -0.39 is 0 Å². The van der Waals surface area contributed by atoms with Crippen LogP contribution in [-0.4, -0.2) is 5.71 Å². The van der Waals surface area contributed by atoms with Crippen LogP contribution in [0.2, 0.25) is 0 Å². The van der Waals surface area contributed by atoms with Crippen LogP contribution in [0.5, 0.6) is 0 Å². The van der Waals surface area contributed by atoms with Gasteiger partial charge in [0.1, 0.15) is 0 Å². The second-order valence-electron chi connectivity index (χ2n) is 2.84. The van der Waals surface area contributed by atoms with Gasteiger partial charge in [-0.05, 0) is 19.1 Å². The zero-order valence-electron chi connectivity index (χ0n) is 8.82. The minimum Gasteiger partial charge on any atom is -0.876 e. The van der Waals surface area contributed by atoms with Crippen molar-refractivity contribution in [1.82, 2.24) is 0 Å². The van der Waals surface area contributed by atoms with Crippen molar-refractivity contribution in [3.05, 3.63) is 42.2 Å². The first-order valence-corrected chi connectivity index (χ1v) is 4.14. The van der Waals surface area contributed by atoms with Crippen LogP contribution in [0.15, 0.2) is 47.2 Å². The number of rotatable bonds is 2. The van der Waals surface area contributed by atoms with E-state index in [0.29, 0.717) is 0 Å². The Kier molecular flexibility index (Phi) is 6.03. The molecule has 0 saturated heterocycles. The molecule has 1 aromatic rings. The molecule has 0 fully saturated rings. The summed E-state index contributed by atoms with van der Waals surface area (Å²) in [5.41, 5.74) is 1.61. The Labute approximate surface area is 96.6 Å². The minimum atomic E-state index is 0. The van der Waals surface area contributed by atoms with E-state index in [1.165, 1.54) is 13.0 Å². The van der Waals surface area contributed by atoms with Crippen molar-refractivity contribution in [2.24, 2.45) is 4.99 Å². The summed E-state index contributed by atoms with van der Waals surface area (Å²) in [5, 5.41) is 10.7. The average Bonchev–Trinajstić information content (AvgIpc) is 2.04. The van der Waals surface area contributed by atoms with E-state index in [2.05, 4.69) is 4.99 Å². The fourth-order valence-electron chi connectivity index (χ4n) is 1.03. The van der Waals surface area contributed by atoms with Crippen LogP contribution < -0.4 is 24.0 Å². The zero-order valence-corrected chi connectivity index (χ0v) is 8.82. The molecule has 0 aliphatic rings. The first kappa shape index (κ1) is 13.0. The summed E-state index contributed by atoms with van der Waals surface area (Å²) in [4.78, 5) is 4.24. The summed E-state index contributed by atoms with van der Waals surface area (Å²) in [5.74, 6) is 0.0252. The maximum Gasteiger partial charge on any atom is 1.00 e. The topological polar surface area (TPSA) is 35.4 Å². The van der Waals surface area contributed by atoms with Crippen LogP contribution in [0.25, 0.3) is 0 Å². The van der Waals surface area contributed by atoms with Gasteiger partial charge in [0, 0.05) is 5.71 Å². The van der Waals surface area contributed by atoms with Crippen LogP contribution in [0.1, 0.15) is 13.8 Å². The fraction of sp³-hybridized carbons (Fsp3) is 0.182. The first-order chi connectivity index (χ1) is 6.18. The van der Waals surface area contributed by atoms with Crippen LogP contribution in [0.4, 0.5) is 5.69 Å². The molecule has 14 heavy (non-hydrogen) atoms. The van der Waals surface area contributed by atoms with E-state index in [4.69, 9.17) is 0 Å². The molecule has 0 saturated carbocycles. The monoisotopic (exact) mass is 181 g/mol. The molecule has 0 N–H and O–H groups in total. The van der Waals surface area contributed by atoms with Gasteiger partial charge < -0.3 is 5.11 Å². The Morgan fingerprint density at radius 3 is 2.29 bits per heavy atom. The molecule has 0 radical (unpaired) electrons. The molecule has 1 aromatic carbocycles. The molecule has 0 spiro atoms. The summed E-state index contributed by atoms with van der Waals surface area (Å²) in [6.07, 6.45) is 1.52.